The summed E-state index contributed by atoms with van der Waals surface area (Å²) in [7, 11) is 0. The number of hydrogen-bond donors (Lipinski definition) is 4. The number of hydrogen-bond acceptors (Lipinski definition) is 4. The second kappa shape index (κ2) is 8.23. The van der Waals surface area contributed by atoms with Gasteiger partial charge in [0.2, 0.25) is 0 Å². The summed E-state index contributed by atoms with van der Waals surface area (Å²) in [6.45, 7) is 5.33. The third-order valence-corrected chi connectivity index (χ3v) is 4.64. The fourth-order valence-electron chi connectivity index (χ4n) is 1.61. The van der Waals surface area contributed by atoms with Crippen molar-refractivity contribution in [2.75, 3.05) is 6.61 Å². The highest BCUT2D eigenvalue weighted by molar-refractivity contribution is 7.90. The van der Waals surface area contributed by atoms with Gasteiger partial charge < -0.3 is 20.1 Å². The minimum atomic E-state index is -4.67. The van der Waals surface area contributed by atoms with Crippen molar-refractivity contribution in [2.45, 2.75) is 57.1 Å². The first-order chi connectivity index (χ1) is 9.78. The van der Waals surface area contributed by atoms with Crippen LogP contribution in [0.4, 0.5) is 18.0 Å². The summed E-state index contributed by atoms with van der Waals surface area (Å²) in [5.74, 6) is -0.966. The van der Waals surface area contributed by atoms with Crippen molar-refractivity contribution in [3.63, 3.8) is 0 Å². The molecule has 4 N–H and O–H groups in total. The van der Waals surface area contributed by atoms with Crippen molar-refractivity contribution >= 4 is 17.5 Å². The van der Waals surface area contributed by atoms with Crippen LogP contribution < -0.4 is 10.0 Å². The van der Waals surface area contributed by atoms with Gasteiger partial charge in [0, 0.05) is 29.9 Å². The second-order valence-electron chi connectivity index (χ2n) is 6.01. The molecular weight excluding hydrogens is 325 g/mol. The maximum atomic E-state index is 13.1. The Labute approximate surface area is 130 Å². The predicted octanol–water partition coefficient (Wildman–Crippen LogP) is 1.62. The molecule has 22 heavy (non-hydrogen) atoms. The fraction of sp³-hybridized carbons (Fsp3) is 0.917. The van der Waals surface area contributed by atoms with Crippen molar-refractivity contribution in [3.8, 4) is 0 Å². The molecule has 132 valence electrons. The van der Waals surface area contributed by atoms with Crippen molar-refractivity contribution in [1.29, 1.82) is 0 Å². The Kier molecular flexibility index (Phi) is 7.96. The highest BCUT2D eigenvalue weighted by atomic mass is 32.2. The summed E-state index contributed by atoms with van der Waals surface area (Å²) < 4.78 is 52.2. The molecule has 4 atom stereocenters. The standard InChI is InChI=1S/C12H23F3N2O4S/c1-7(16-10(19)20)8(6-18)5-9(12(13,14)15)17-22(21)11(2,3)4/h7-9,16-18H,5-6H2,1-4H3,(H,19,20)/t7-,8+,9-,22?/m1/s1. The van der Waals surface area contributed by atoms with E-state index >= 15 is 0 Å². The Balaban J connectivity index is 5.01. The van der Waals surface area contributed by atoms with Gasteiger partial charge in [-0.1, -0.05) is 0 Å². The molecule has 1 amide bonds. The smallest absolute Gasteiger partial charge is 0.408 e. The van der Waals surface area contributed by atoms with E-state index in [4.69, 9.17) is 5.11 Å². The summed E-state index contributed by atoms with van der Waals surface area (Å²) in [5, 5.41) is 19.8. The number of rotatable bonds is 7. The van der Waals surface area contributed by atoms with Crippen LogP contribution in [0.3, 0.4) is 0 Å². The SMILES string of the molecule is C[C@@H](NC(=O)O)[C@H](CO)C[C@@H](N[S+]([O-])C(C)(C)C)C(F)(F)F. The first-order valence-corrected chi connectivity index (χ1v) is 7.79. The summed E-state index contributed by atoms with van der Waals surface area (Å²) in [6, 6.07) is -2.99. The van der Waals surface area contributed by atoms with Crippen LogP contribution in [0.15, 0.2) is 0 Å². The third-order valence-electron chi connectivity index (χ3n) is 3.03. The second-order valence-corrected chi connectivity index (χ2v) is 8.01. The van der Waals surface area contributed by atoms with Crippen LogP contribution in [0.1, 0.15) is 34.1 Å². The monoisotopic (exact) mass is 348 g/mol. The molecule has 0 heterocycles. The molecule has 0 aliphatic heterocycles. The van der Waals surface area contributed by atoms with Gasteiger partial charge in [0.05, 0.1) is 0 Å². The van der Waals surface area contributed by atoms with Gasteiger partial charge in [0.15, 0.2) is 0 Å². The molecule has 1 unspecified atom stereocenters. The molecule has 0 aliphatic carbocycles. The minimum Gasteiger partial charge on any atom is -0.598 e. The quantitative estimate of drug-likeness (QED) is 0.524. The largest absolute Gasteiger partial charge is 0.598 e. The zero-order valence-electron chi connectivity index (χ0n) is 12.9. The molecule has 0 aliphatic rings. The van der Waals surface area contributed by atoms with E-state index in [1.807, 2.05) is 10.0 Å². The predicted molar refractivity (Wildman–Crippen MR) is 76.7 cm³/mol. The van der Waals surface area contributed by atoms with Gasteiger partial charge >= 0.3 is 12.3 Å². The first-order valence-electron chi connectivity index (χ1n) is 6.64. The molecule has 0 rings (SSSR count). The summed E-state index contributed by atoms with van der Waals surface area (Å²) in [4.78, 5) is 10.5. The normalized spacial score (nSPS) is 18.4. The van der Waals surface area contributed by atoms with Crippen molar-refractivity contribution in [3.05, 3.63) is 0 Å². The number of halogens is 3. The van der Waals surface area contributed by atoms with Crippen LogP contribution in [-0.4, -0.2) is 50.5 Å². The molecule has 0 saturated carbocycles. The lowest BCUT2D eigenvalue weighted by molar-refractivity contribution is -0.156. The fourth-order valence-corrected chi connectivity index (χ4v) is 2.45. The number of carbonyl (C=O) groups is 1. The van der Waals surface area contributed by atoms with Gasteiger partial charge in [-0.3, -0.25) is 0 Å². The highest BCUT2D eigenvalue weighted by Gasteiger charge is 2.46. The van der Waals surface area contributed by atoms with Gasteiger partial charge in [-0.15, -0.1) is 4.72 Å². The Morgan fingerprint density at radius 1 is 1.32 bits per heavy atom. The zero-order chi connectivity index (χ0) is 17.7. The number of amides is 1. The van der Waals surface area contributed by atoms with E-state index < -0.39 is 59.4 Å². The minimum absolute atomic E-state index is 0.594. The van der Waals surface area contributed by atoms with E-state index in [1.54, 1.807) is 0 Å². The molecule has 0 aromatic rings. The molecule has 0 saturated heterocycles. The summed E-state index contributed by atoms with van der Waals surface area (Å²) in [5.41, 5.74) is 0. The van der Waals surface area contributed by atoms with E-state index in [0.717, 1.165) is 0 Å². The molecule has 0 bridgehead atoms. The number of alkyl halides is 3. The summed E-state index contributed by atoms with van der Waals surface area (Å²) >= 11 is -1.94. The van der Waals surface area contributed by atoms with E-state index in [9.17, 15) is 27.6 Å². The van der Waals surface area contributed by atoms with Gasteiger partial charge in [0.25, 0.3) is 0 Å². The Morgan fingerprint density at radius 2 is 1.82 bits per heavy atom. The van der Waals surface area contributed by atoms with E-state index in [2.05, 4.69) is 0 Å². The van der Waals surface area contributed by atoms with Crippen LogP contribution in [0.5, 0.6) is 0 Å². The van der Waals surface area contributed by atoms with Gasteiger partial charge in [0.1, 0.15) is 10.8 Å². The Bertz CT molecular complexity index is 363. The number of nitrogens with one attached hydrogen (secondary N) is 2. The van der Waals surface area contributed by atoms with Gasteiger partial charge in [-0.25, -0.2) is 4.79 Å². The maximum Gasteiger partial charge on any atom is 0.408 e. The van der Waals surface area contributed by atoms with E-state index in [-0.39, 0.29) is 0 Å². The lowest BCUT2D eigenvalue weighted by atomic mass is 9.94. The maximum absolute atomic E-state index is 13.1. The Morgan fingerprint density at radius 3 is 2.14 bits per heavy atom. The van der Waals surface area contributed by atoms with Gasteiger partial charge in [-0.05, 0) is 34.1 Å². The molecule has 0 spiro atoms. The van der Waals surface area contributed by atoms with Crippen molar-refractivity contribution in [1.82, 2.24) is 10.0 Å². The molecule has 0 aromatic heterocycles. The molecule has 0 radical (unpaired) electrons. The average Bonchev–Trinajstić information content (AvgIpc) is 2.30. The number of carboxylic acid groups (broad SMARTS) is 1. The lowest BCUT2D eigenvalue weighted by Crippen LogP contribution is -2.53. The van der Waals surface area contributed by atoms with Crippen LogP contribution in [-0.2, 0) is 11.4 Å². The third kappa shape index (κ3) is 7.52. The van der Waals surface area contributed by atoms with Crippen LogP contribution >= 0.6 is 0 Å². The molecular formula is C12H23F3N2O4S. The van der Waals surface area contributed by atoms with Crippen molar-refractivity contribution < 1.29 is 32.7 Å². The number of aliphatic hydroxyl groups is 1. The topological polar surface area (TPSA) is 105 Å². The van der Waals surface area contributed by atoms with Crippen LogP contribution in [0.2, 0.25) is 0 Å². The summed E-state index contributed by atoms with van der Waals surface area (Å²) in [6.07, 6.45) is -6.65. The van der Waals surface area contributed by atoms with Crippen LogP contribution in [0.25, 0.3) is 0 Å². The molecule has 6 nitrogen and oxygen atoms in total. The van der Waals surface area contributed by atoms with Crippen molar-refractivity contribution in [2.24, 2.45) is 5.92 Å². The lowest BCUT2D eigenvalue weighted by Gasteiger charge is -2.31. The van der Waals surface area contributed by atoms with E-state index in [1.165, 1.54) is 27.7 Å². The molecule has 0 aromatic carbocycles. The highest BCUT2D eigenvalue weighted by Crippen LogP contribution is 2.28. The van der Waals surface area contributed by atoms with E-state index in [0.29, 0.717) is 0 Å². The van der Waals surface area contributed by atoms with Crippen LogP contribution in [0, 0.1) is 5.92 Å². The molecule has 0 fully saturated rings. The van der Waals surface area contributed by atoms with Gasteiger partial charge in [-0.2, -0.15) is 13.2 Å². The number of aliphatic hydroxyl groups excluding tert-OH is 1. The zero-order valence-corrected chi connectivity index (χ0v) is 13.7. The molecule has 10 heteroatoms. The average molecular weight is 348 g/mol. The Hall–Kier alpha value is -0.710. The first kappa shape index (κ1) is 21.3.